The van der Waals surface area contributed by atoms with Crippen LogP contribution in [-0.4, -0.2) is 46.7 Å². The number of unbranched alkanes of at least 4 members (excludes halogenated alkanes) is 1. The van der Waals surface area contributed by atoms with Gasteiger partial charge in [0.1, 0.15) is 0 Å². The second-order valence-corrected chi connectivity index (χ2v) is 7.09. The summed E-state index contributed by atoms with van der Waals surface area (Å²) < 4.78 is 0. The Morgan fingerprint density at radius 1 is 1.12 bits per heavy atom. The SMILES string of the molecule is CCC1C(C)CCN1C(=O)CCCCN1C(=O)c2ccccc2C1=O. The Morgan fingerprint density at radius 3 is 2.36 bits per heavy atom. The summed E-state index contributed by atoms with van der Waals surface area (Å²) in [6.07, 6.45) is 3.94. The minimum absolute atomic E-state index is 0.207. The largest absolute Gasteiger partial charge is 0.339 e. The first-order chi connectivity index (χ1) is 12.0. The van der Waals surface area contributed by atoms with E-state index in [1.807, 2.05) is 4.90 Å². The molecule has 5 heteroatoms. The zero-order valence-corrected chi connectivity index (χ0v) is 15.0. The van der Waals surface area contributed by atoms with E-state index in [0.717, 1.165) is 19.4 Å². The molecular formula is C20H26N2O3. The topological polar surface area (TPSA) is 57.7 Å². The molecule has 2 aliphatic heterocycles. The summed E-state index contributed by atoms with van der Waals surface area (Å²) in [6.45, 7) is 5.59. The standard InChI is InChI=1S/C20H26N2O3/c1-3-17-14(2)11-13-21(17)18(23)10-6-7-12-22-19(24)15-8-4-5-9-16(15)20(22)25/h4-5,8-9,14,17H,3,6-7,10-13H2,1-2H3. The van der Waals surface area contributed by atoms with Gasteiger partial charge in [-0.15, -0.1) is 0 Å². The fourth-order valence-corrected chi connectivity index (χ4v) is 4.07. The van der Waals surface area contributed by atoms with Crippen LogP contribution in [0.2, 0.25) is 0 Å². The van der Waals surface area contributed by atoms with Crippen molar-refractivity contribution >= 4 is 17.7 Å². The summed E-state index contributed by atoms with van der Waals surface area (Å²) >= 11 is 0. The predicted octanol–water partition coefficient (Wildman–Crippen LogP) is 3.10. The zero-order valence-electron chi connectivity index (χ0n) is 15.0. The van der Waals surface area contributed by atoms with E-state index in [2.05, 4.69) is 13.8 Å². The van der Waals surface area contributed by atoms with Crippen molar-refractivity contribution in [1.29, 1.82) is 0 Å². The maximum absolute atomic E-state index is 12.4. The van der Waals surface area contributed by atoms with Gasteiger partial charge >= 0.3 is 0 Å². The number of likely N-dealkylation sites (tertiary alicyclic amines) is 1. The van der Waals surface area contributed by atoms with Gasteiger partial charge in [-0.2, -0.15) is 0 Å². The molecule has 134 valence electrons. The van der Waals surface area contributed by atoms with Crippen molar-refractivity contribution in [2.24, 2.45) is 5.92 Å². The number of carbonyl (C=O) groups excluding carboxylic acids is 3. The smallest absolute Gasteiger partial charge is 0.261 e. The van der Waals surface area contributed by atoms with E-state index in [-0.39, 0.29) is 17.7 Å². The number of amides is 3. The molecule has 2 heterocycles. The molecular weight excluding hydrogens is 316 g/mol. The molecule has 0 spiro atoms. The highest BCUT2D eigenvalue weighted by molar-refractivity contribution is 6.21. The lowest BCUT2D eigenvalue weighted by Crippen LogP contribution is -2.37. The number of hydrogen-bond acceptors (Lipinski definition) is 3. The molecule has 0 aliphatic carbocycles. The van der Waals surface area contributed by atoms with E-state index in [0.29, 0.717) is 48.9 Å². The summed E-state index contributed by atoms with van der Waals surface area (Å²) in [7, 11) is 0. The molecule has 2 aliphatic rings. The highest BCUT2D eigenvalue weighted by atomic mass is 16.2. The lowest BCUT2D eigenvalue weighted by molar-refractivity contribution is -0.132. The molecule has 0 saturated carbocycles. The second-order valence-electron chi connectivity index (χ2n) is 7.09. The molecule has 2 atom stereocenters. The molecule has 0 aromatic heterocycles. The van der Waals surface area contributed by atoms with Gasteiger partial charge in [0.15, 0.2) is 0 Å². The Balaban J connectivity index is 1.47. The van der Waals surface area contributed by atoms with Gasteiger partial charge in [-0.25, -0.2) is 0 Å². The van der Waals surface area contributed by atoms with Gasteiger partial charge in [-0.1, -0.05) is 26.0 Å². The lowest BCUT2D eigenvalue weighted by atomic mass is 10.0. The first kappa shape index (κ1) is 17.6. The molecule has 0 bridgehead atoms. The second kappa shape index (κ2) is 7.38. The number of nitrogens with zero attached hydrogens (tertiary/aromatic N) is 2. The fraction of sp³-hybridized carbons (Fsp3) is 0.550. The highest BCUT2D eigenvalue weighted by Gasteiger charge is 2.35. The molecule has 1 aromatic rings. The van der Waals surface area contributed by atoms with E-state index < -0.39 is 0 Å². The molecule has 2 unspecified atom stereocenters. The van der Waals surface area contributed by atoms with Crippen molar-refractivity contribution in [3.05, 3.63) is 35.4 Å². The molecule has 3 amide bonds. The van der Waals surface area contributed by atoms with Crippen LogP contribution < -0.4 is 0 Å². The minimum atomic E-state index is -0.216. The van der Waals surface area contributed by atoms with E-state index >= 15 is 0 Å². The van der Waals surface area contributed by atoms with E-state index in [1.165, 1.54) is 4.90 Å². The average Bonchev–Trinajstić information content (AvgIpc) is 3.11. The van der Waals surface area contributed by atoms with Gasteiger partial charge in [0, 0.05) is 25.6 Å². The lowest BCUT2D eigenvalue weighted by Gasteiger charge is -2.26. The third-order valence-corrected chi connectivity index (χ3v) is 5.52. The summed E-state index contributed by atoms with van der Waals surface area (Å²) in [6, 6.07) is 7.29. The van der Waals surface area contributed by atoms with Crippen molar-refractivity contribution in [3.63, 3.8) is 0 Å². The average molecular weight is 342 g/mol. The Kier molecular flexibility index (Phi) is 5.21. The molecule has 5 nitrogen and oxygen atoms in total. The van der Waals surface area contributed by atoms with Crippen LogP contribution in [0, 0.1) is 5.92 Å². The number of hydrogen-bond donors (Lipinski definition) is 0. The number of benzene rings is 1. The predicted molar refractivity (Wildman–Crippen MR) is 95.2 cm³/mol. The van der Waals surface area contributed by atoms with Gasteiger partial charge in [0.05, 0.1) is 11.1 Å². The minimum Gasteiger partial charge on any atom is -0.339 e. The Hall–Kier alpha value is -2.17. The fourth-order valence-electron chi connectivity index (χ4n) is 4.07. The summed E-state index contributed by atoms with van der Waals surface area (Å²) in [5.41, 5.74) is 0.973. The Morgan fingerprint density at radius 2 is 1.76 bits per heavy atom. The van der Waals surface area contributed by atoms with Crippen LogP contribution in [0.4, 0.5) is 0 Å². The van der Waals surface area contributed by atoms with Gasteiger partial charge in [0.2, 0.25) is 5.91 Å². The van der Waals surface area contributed by atoms with Crippen molar-refractivity contribution in [3.8, 4) is 0 Å². The van der Waals surface area contributed by atoms with Crippen molar-refractivity contribution < 1.29 is 14.4 Å². The maximum Gasteiger partial charge on any atom is 0.261 e. The molecule has 3 rings (SSSR count). The normalized spacial score (nSPS) is 22.6. The summed E-state index contributed by atoms with van der Waals surface area (Å²) in [4.78, 5) is 40.4. The quantitative estimate of drug-likeness (QED) is 0.590. The third-order valence-electron chi connectivity index (χ3n) is 5.52. The van der Waals surface area contributed by atoms with Crippen LogP contribution in [-0.2, 0) is 4.79 Å². The third kappa shape index (κ3) is 3.32. The molecule has 0 N–H and O–H groups in total. The number of rotatable bonds is 6. The van der Waals surface area contributed by atoms with Crippen LogP contribution in [0.1, 0.15) is 66.7 Å². The first-order valence-corrected chi connectivity index (χ1v) is 9.29. The van der Waals surface area contributed by atoms with E-state index in [4.69, 9.17) is 0 Å². The van der Waals surface area contributed by atoms with Gasteiger partial charge in [-0.05, 0) is 43.7 Å². The molecule has 1 saturated heterocycles. The Labute approximate surface area is 149 Å². The molecule has 0 radical (unpaired) electrons. The molecule has 1 fully saturated rings. The van der Waals surface area contributed by atoms with Crippen LogP contribution >= 0.6 is 0 Å². The molecule has 1 aromatic carbocycles. The summed E-state index contributed by atoms with van der Waals surface area (Å²) in [5.74, 6) is 0.351. The van der Waals surface area contributed by atoms with Crippen molar-refractivity contribution in [2.45, 2.75) is 52.0 Å². The van der Waals surface area contributed by atoms with E-state index in [1.54, 1.807) is 24.3 Å². The molecule has 25 heavy (non-hydrogen) atoms. The highest BCUT2D eigenvalue weighted by Crippen LogP contribution is 2.27. The van der Waals surface area contributed by atoms with Gasteiger partial charge < -0.3 is 4.90 Å². The van der Waals surface area contributed by atoms with Gasteiger partial charge in [-0.3, -0.25) is 19.3 Å². The van der Waals surface area contributed by atoms with Crippen LogP contribution in [0.25, 0.3) is 0 Å². The Bertz CT molecular complexity index is 650. The van der Waals surface area contributed by atoms with Crippen LogP contribution in [0.15, 0.2) is 24.3 Å². The number of carbonyl (C=O) groups is 3. The van der Waals surface area contributed by atoms with Crippen molar-refractivity contribution in [1.82, 2.24) is 9.80 Å². The monoisotopic (exact) mass is 342 g/mol. The van der Waals surface area contributed by atoms with Crippen LogP contribution in [0.3, 0.4) is 0 Å². The van der Waals surface area contributed by atoms with E-state index in [9.17, 15) is 14.4 Å². The number of imide groups is 1. The van der Waals surface area contributed by atoms with Crippen LogP contribution in [0.5, 0.6) is 0 Å². The zero-order chi connectivity index (χ0) is 18.0. The summed E-state index contributed by atoms with van der Waals surface area (Å²) in [5, 5.41) is 0. The first-order valence-electron chi connectivity index (χ1n) is 9.29. The van der Waals surface area contributed by atoms with Crippen molar-refractivity contribution in [2.75, 3.05) is 13.1 Å². The maximum atomic E-state index is 12.4. The van der Waals surface area contributed by atoms with Gasteiger partial charge in [0.25, 0.3) is 11.8 Å². The number of fused-ring (bicyclic) bond motifs is 1.